The van der Waals surface area contributed by atoms with Crippen molar-refractivity contribution < 1.29 is 13.9 Å². The zero-order valence-corrected chi connectivity index (χ0v) is 18.3. The van der Waals surface area contributed by atoms with Crippen molar-refractivity contribution in [3.8, 4) is 0 Å². The Morgan fingerprint density at radius 3 is 2.64 bits per heavy atom. The number of carbonyl (C=O) groups is 1. The second-order valence-electron chi connectivity index (χ2n) is 9.20. The molecule has 1 aromatic rings. The van der Waals surface area contributed by atoms with Crippen LogP contribution in [0.4, 0.5) is 4.79 Å². The van der Waals surface area contributed by atoms with E-state index in [4.69, 9.17) is 9.15 Å². The van der Waals surface area contributed by atoms with Gasteiger partial charge in [0.15, 0.2) is 5.96 Å². The topological polar surface area (TPSA) is 92.0 Å². The smallest absolute Gasteiger partial charge is 0.410 e. The van der Waals surface area contributed by atoms with Crippen LogP contribution in [0.3, 0.4) is 0 Å². The summed E-state index contributed by atoms with van der Waals surface area (Å²) in [6.45, 7) is 13.6. The van der Waals surface area contributed by atoms with Gasteiger partial charge in [0.25, 0.3) is 0 Å². The molecule has 0 aliphatic carbocycles. The average molecular weight is 394 g/mol. The molecule has 2 rings (SSSR count). The van der Waals surface area contributed by atoms with Crippen molar-refractivity contribution in [3.05, 3.63) is 17.8 Å². The second-order valence-corrected chi connectivity index (χ2v) is 9.20. The first-order valence-corrected chi connectivity index (χ1v) is 9.88. The van der Waals surface area contributed by atoms with E-state index in [0.717, 1.165) is 18.6 Å². The van der Waals surface area contributed by atoms with E-state index in [0.29, 0.717) is 31.5 Å². The molecule has 1 aromatic heterocycles. The zero-order chi connectivity index (χ0) is 20.9. The lowest BCUT2D eigenvalue weighted by Crippen LogP contribution is -2.53. The predicted molar refractivity (Wildman–Crippen MR) is 109 cm³/mol. The maximum absolute atomic E-state index is 12.3. The Morgan fingerprint density at radius 1 is 1.36 bits per heavy atom. The lowest BCUT2D eigenvalue weighted by molar-refractivity contribution is 0.0193. The Bertz CT molecular complexity index is 685. The third-order valence-corrected chi connectivity index (χ3v) is 4.34. The number of piperidine rings is 1. The molecular weight excluding hydrogens is 358 g/mol. The molecule has 2 heterocycles. The minimum atomic E-state index is -0.489. The first-order valence-electron chi connectivity index (χ1n) is 9.88. The van der Waals surface area contributed by atoms with Gasteiger partial charge in [-0.3, -0.25) is 4.99 Å². The van der Waals surface area contributed by atoms with Crippen LogP contribution in [0.2, 0.25) is 0 Å². The van der Waals surface area contributed by atoms with Gasteiger partial charge in [-0.25, -0.2) is 9.78 Å². The fourth-order valence-electron chi connectivity index (χ4n) is 2.87. The molecule has 8 nitrogen and oxygen atoms in total. The number of amides is 1. The number of oxazole rings is 1. The number of hydrogen-bond donors (Lipinski definition) is 2. The van der Waals surface area contributed by atoms with Gasteiger partial charge in [-0.2, -0.15) is 0 Å². The summed E-state index contributed by atoms with van der Waals surface area (Å²) in [5.41, 5.74) is -0.560. The van der Waals surface area contributed by atoms with Gasteiger partial charge >= 0.3 is 6.09 Å². The summed E-state index contributed by atoms with van der Waals surface area (Å²) in [5, 5.41) is 6.61. The third-order valence-electron chi connectivity index (χ3n) is 4.34. The molecule has 1 saturated heterocycles. The van der Waals surface area contributed by atoms with Crippen molar-refractivity contribution in [2.24, 2.45) is 4.99 Å². The lowest BCUT2D eigenvalue weighted by atomic mass is 9.94. The fraction of sp³-hybridized carbons (Fsp3) is 0.750. The number of hydrogen-bond acceptors (Lipinski definition) is 5. The molecule has 0 radical (unpaired) electrons. The van der Waals surface area contributed by atoms with Crippen LogP contribution in [0, 0.1) is 0 Å². The monoisotopic (exact) mass is 393 g/mol. The van der Waals surface area contributed by atoms with Crippen LogP contribution in [0.5, 0.6) is 0 Å². The molecule has 1 aliphatic heterocycles. The largest absolute Gasteiger partial charge is 0.444 e. The van der Waals surface area contributed by atoms with Crippen LogP contribution in [0.25, 0.3) is 0 Å². The molecule has 1 unspecified atom stereocenters. The fourth-order valence-corrected chi connectivity index (χ4v) is 2.87. The number of guanidine groups is 1. The van der Waals surface area contributed by atoms with E-state index in [-0.39, 0.29) is 17.6 Å². The number of nitrogens with zero attached hydrogens (tertiary/aromatic N) is 3. The van der Waals surface area contributed by atoms with Gasteiger partial charge in [0.2, 0.25) is 5.89 Å². The number of aliphatic imine (C=N–C) groups is 1. The summed E-state index contributed by atoms with van der Waals surface area (Å²) < 4.78 is 11.3. The Balaban J connectivity index is 1.86. The van der Waals surface area contributed by atoms with E-state index >= 15 is 0 Å². The van der Waals surface area contributed by atoms with Gasteiger partial charge in [0.05, 0.1) is 12.7 Å². The summed E-state index contributed by atoms with van der Waals surface area (Å²) in [5.74, 6) is 2.13. The highest BCUT2D eigenvalue weighted by Gasteiger charge is 2.28. The Labute approximate surface area is 168 Å². The van der Waals surface area contributed by atoms with Gasteiger partial charge in [-0.1, -0.05) is 20.8 Å². The SMILES string of the molecule is CN=C(NCc1ncc(C(C)(C)C)o1)NC1CCCN(C(=O)OC(C)(C)C)C1. The number of ether oxygens (including phenoxy) is 1. The van der Waals surface area contributed by atoms with Crippen LogP contribution >= 0.6 is 0 Å². The highest BCUT2D eigenvalue weighted by molar-refractivity contribution is 5.80. The molecule has 1 fully saturated rings. The highest BCUT2D eigenvalue weighted by atomic mass is 16.6. The number of carbonyl (C=O) groups excluding carboxylic acids is 1. The quantitative estimate of drug-likeness (QED) is 0.606. The van der Waals surface area contributed by atoms with E-state index < -0.39 is 5.60 Å². The summed E-state index contributed by atoms with van der Waals surface area (Å²) in [7, 11) is 1.72. The van der Waals surface area contributed by atoms with Gasteiger partial charge in [0, 0.05) is 31.6 Å². The first kappa shape index (κ1) is 22.0. The van der Waals surface area contributed by atoms with E-state index in [1.807, 2.05) is 20.8 Å². The minimum Gasteiger partial charge on any atom is -0.444 e. The molecule has 0 spiro atoms. The van der Waals surface area contributed by atoms with Crippen LogP contribution in [0.1, 0.15) is 66.0 Å². The summed E-state index contributed by atoms with van der Waals surface area (Å²) in [4.78, 5) is 22.7. The van der Waals surface area contributed by atoms with Crippen molar-refractivity contribution in [2.75, 3.05) is 20.1 Å². The number of likely N-dealkylation sites (tertiary alicyclic amines) is 1. The van der Waals surface area contributed by atoms with Gasteiger partial charge in [-0.05, 0) is 33.6 Å². The summed E-state index contributed by atoms with van der Waals surface area (Å²) in [6.07, 6.45) is 3.39. The maximum atomic E-state index is 12.3. The Morgan fingerprint density at radius 2 is 2.07 bits per heavy atom. The van der Waals surface area contributed by atoms with E-state index in [2.05, 4.69) is 41.4 Å². The average Bonchev–Trinajstić information content (AvgIpc) is 3.06. The third kappa shape index (κ3) is 6.73. The Hall–Kier alpha value is -2.25. The minimum absolute atomic E-state index is 0.0710. The van der Waals surface area contributed by atoms with Crippen molar-refractivity contribution >= 4 is 12.1 Å². The van der Waals surface area contributed by atoms with Crippen LogP contribution in [-0.4, -0.2) is 53.7 Å². The summed E-state index contributed by atoms with van der Waals surface area (Å²) >= 11 is 0. The molecule has 2 N–H and O–H groups in total. The molecule has 8 heteroatoms. The van der Waals surface area contributed by atoms with Gasteiger partial charge in [-0.15, -0.1) is 0 Å². The number of rotatable bonds is 3. The molecular formula is C20H35N5O3. The molecule has 158 valence electrons. The van der Waals surface area contributed by atoms with Gasteiger partial charge in [0.1, 0.15) is 11.4 Å². The van der Waals surface area contributed by atoms with Crippen molar-refractivity contribution in [2.45, 2.75) is 78.0 Å². The van der Waals surface area contributed by atoms with Gasteiger partial charge < -0.3 is 24.7 Å². The van der Waals surface area contributed by atoms with Crippen LogP contribution < -0.4 is 10.6 Å². The highest BCUT2D eigenvalue weighted by Crippen LogP contribution is 2.22. The second kappa shape index (κ2) is 8.84. The van der Waals surface area contributed by atoms with E-state index in [1.165, 1.54) is 0 Å². The molecule has 1 amide bonds. The normalized spacial score (nSPS) is 18.8. The van der Waals surface area contributed by atoms with Crippen LogP contribution in [-0.2, 0) is 16.7 Å². The first-order chi connectivity index (χ1) is 13.0. The standard InChI is InChI=1S/C20H35N5O3/c1-19(2,3)15-11-22-16(27-15)12-23-17(21-7)24-14-9-8-10-25(13-14)18(26)28-20(4,5)6/h11,14H,8-10,12-13H2,1-7H3,(H2,21,23,24). The molecule has 28 heavy (non-hydrogen) atoms. The Kier molecular flexibility index (Phi) is 6.96. The lowest BCUT2D eigenvalue weighted by Gasteiger charge is -2.34. The van der Waals surface area contributed by atoms with E-state index in [9.17, 15) is 4.79 Å². The number of aromatic nitrogens is 1. The van der Waals surface area contributed by atoms with E-state index in [1.54, 1.807) is 18.1 Å². The molecule has 0 aromatic carbocycles. The molecule has 1 aliphatic rings. The van der Waals surface area contributed by atoms with Crippen molar-refractivity contribution in [3.63, 3.8) is 0 Å². The van der Waals surface area contributed by atoms with Crippen molar-refractivity contribution in [1.29, 1.82) is 0 Å². The zero-order valence-electron chi connectivity index (χ0n) is 18.3. The molecule has 1 atom stereocenters. The molecule has 0 bridgehead atoms. The van der Waals surface area contributed by atoms with Crippen LogP contribution in [0.15, 0.2) is 15.6 Å². The maximum Gasteiger partial charge on any atom is 0.410 e. The molecule has 0 saturated carbocycles. The number of nitrogens with one attached hydrogen (secondary N) is 2. The van der Waals surface area contributed by atoms with Crippen molar-refractivity contribution in [1.82, 2.24) is 20.5 Å². The predicted octanol–water partition coefficient (Wildman–Crippen LogP) is 3.04. The summed E-state index contributed by atoms with van der Waals surface area (Å²) in [6, 6.07) is 0.113.